The monoisotopic (exact) mass is 508 g/mol. The predicted octanol–water partition coefficient (Wildman–Crippen LogP) is 4.35. The smallest absolute Gasteiger partial charge is 0.490 e. The van der Waals surface area contributed by atoms with Crippen LogP contribution >= 0.6 is 11.6 Å². The lowest BCUT2D eigenvalue weighted by molar-refractivity contribution is -0.192. The molecule has 13 heteroatoms. The topological polar surface area (TPSA) is 97.6 Å². The molecular formula is C20H17ClF4N2O5S. The van der Waals surface area contributed by atoms with Gasteiger partial charge in [0.25, 0.3) is 10.0 Å². The Hall–Kier alpha value is -2.83. The number of halogens is 5. The predicted molar refractivity (Wildman–Crippen MR) is 112 cm³/mol. The molecule has 7 nitrogen and oxygen atoms in total. The minimum Gasteiger partial charge on any atom is -0.492 e. The zero-order valence-electron chi connectivity index (χ0n) is 16.9. The molecular weight excluding hydrogens is 492 g/mol. The molecule has 1 aliphatic rings. The number of alkyl halides is 3. The molecule has 0 radical (unpaired) electrons. The minimum atomic E-state index is -5.08. The molecule has 3 aromatic rings. The summed E-state index contributed by atoms with van der Waals surface area (Å²) in [4.78, 5) is 8.76. The molecule has 1 unspecified atom stereocenters. The van der Waals surface area contributed by atoms with Crippen molar-refractivity contribution in [1.82, 2.24) is 9.29 Å². The Morgan fingerprint density at radius 1 is 1.27 bits per heavy atom. The van der Waals surface area contributed by atoms with Crippen molar-refractivity contribution in [1.29, 1.82) is 0 Å². The fraction of sp³-hybridized carbons (Fsp3) is 0.250. The molecule has 0 aliphatic carbocycles. The molecule has 0 saturated heterocycles. The molecule has 33 heavy (non-hydrogen) atoms. The van der Waals surface area contributed by atoms with Crippen LogP contribution in [0.25, 0.3) is 10.9 Å². The van der Waals surface area contributed by atoms with Gasteiger partial charge in [-0.25, -0.2) is 21.6 Å². The van der Waals surface area contributed by atoms with Crippen molar-refractivity contribution >= 4 is 38.5 Å². The number of nitrogens with one attached hydrogen (secondary N) is 1. The zero-order chi connectivity index (χ0) is 24.6. The number of hydrogen-bond donors (Lipinski definition) is 2. The second kappa shape index (κ2) is 9.20. The summed E-state index contributed by atoms with van der Waals surface area (Å²) in [5, 5.41) is 11.4. The van der Waals surface area contributed by atoms with E-state index in [1.54, 1.807) is 12.1 Å². The molecule has 2 N–H and O–H groups in total. The van der Waals surface area contributed by atoms with Crippen LogP contribution in [0.5, 0.6) is 5.75 Å². The Balaban J connectivity index is 0.000000383. The van der Waals surface area contributed by atoms with E-state index in [0.29, 0.717) is 34.8 Å². The van der Waals surface area contributed by atoms with Crippen molar-refractivity contribution < 1.29 is 40.6 Å². The largest absolute Gasteiger partial charge is 0.492 e. The summed E-state index contributed by atoms with van der Waals surface area (Å²) in [6.45, 7) is 3.17. The molecule has 4 rings (SSSR count). The molecule has 1 atom stereocenters. The number of hydrogen-bond acceptors (Lipinski definition) is 5. The van der Waals surface area contributed by atoms with Crippen LogP contribution in [0.15, 0.2) is 47.5 Å². The summed E-state index contributed by atoms with van der Waals surface area (Å²) in [5.74, 6) is -2.70. The number of ether oxygens (including phenoxy) is 1. The highest BCUT2D eigenvalue weighted by Crippen LogP contribution is 2.40. The Kier molecular flexibility index (Phi) is 6.91. The summed E-state index contributed by atoms with van der Waals surface area (Å²) in [6.07, 6.45) is -3.73. The van der Waals surface area contributed by atoms with Crippen LogP contribution in [0, 0.1) is 5.82 Å². The highest BCUT2D eigenvalue weighted by atomic mass is 35.5. The molecule has 178 valence electrons. The maximum atomic E-state index is 13.5. The average molecular weight is 509 g/mol. The Morgan fingerprint density at radius 2 is 1.94 bits per heavy atom. The average Bonchev–Trinajstić information content (AvgIpc) is 2.96. The SMILES string of the molecule is CC1NCCOc2ccc3c(c(Cl)cn3S(=O)(=O)c3cccc(F)c3)c21.O=C(O)C(F)(F)F. The Bertz CT molecular complexity index is 1310. The van der Waals surface area contributed by atoms with Gasteiger partial charge in [0.05, 0.1) is 15.4 Å². The summed E-state index contributed by atoms with van der Waals surface area (Å²) in [6, 6.07) is 8.26. The summed E-state index contributed by atoms with van der Waals surface area (Å²) >= 11 is 6.42. The van der Waals surface area contributed by atoms with Gasteiger partial charge in [0.15, 0.2) is 0 Å². The lowest BCUT2D eigenvalue weighted by atomic mass is 10.0. The van der Waals surface area contributed by atoms with Gasteiger partial charge in [0.1, 0.15) is 18.2 Å². The van der Waals surface area contributed by atoms with E-state index in [4.69, 9.17) is 26.2 Å². The van der Waals surface area contributed by atoms with E-state index in [2.05, 4.69) is 5.32 Å². The Morgan fingerprint density at radius 3 is 2.55 bits per heavy atom. The van der Waals surface area contributed by atoms with Gasteiger partial charge < -0.3 is 15.2 Å². The van der Waals surface area contributed by atoms with Crippen LogP contribution in [0.4, 0.5) is 17.6 Å². The molecule has 2 aromatic carbocycles. The summed E-state index contributed by atoms with van der Waals surface area (Å²) < 4.78 is 78.2. The standard InChI is InChI=1S/C18H16ClFN2O3S.C2HF3O2/c1-11-17-16(25-8-7-21-11)6-5-15-18(17)14(19)10-22(15)26(23,24)13-4-2-3-12(20)9-13;3-2(4,5)1(6)7/h2-6,9-11,21H,7-8H2,1H3;(H,6,7). The third kappa shape index (κ3) is 5.07. The van der Waals surface area contributed by atoms with Crippen molar-refractivity contribution in [2.75, 3.05) is 13.2 Å². The van der Waals surface area contributed by atoms with E-state index in [0.717, 1.165) is 15.6 Å². The first kappa shape index (κ1) is 24.8. The molecule has 0 spiro atoms. The highest BCUT2D eigenvalue weighted by Gasteiger charge is 2.38. The van der Waals surface area contributed by atoms with E-state index < -0.39 is 28.0 Å². The lowest BCUT2D eigenvalue weighted by Gasteiger charge is -2.15. The number of rotatable bonds is 2. The van der Waals surface area contributed by atoms with Gasteiger partial charge in [0, 0.05) is 29.7 Å². The molecule has 0 bridgehead atoms. The number of aliphatic carboxylic acids is 1. The van der Waals surface area contributed by atoms with Gasteiger partial charge in [-0.15, -0.1) is 0 Å². The van der Waals surface area contributed by atoms with Crippen LogP contribution in [0.3, 0.4) is 0 Å². The molecule has 0 saturated carbocycles. The van der Waals surface area contributed by atoms with Crippen LogP contribution in [0.2, 0.25) is 5.02 Å². The van der Waals surface area contributed by atoms with E-state index in [9.17, 15) is 26.0 Å². The van der Waals surface area contributed by atoms with Crippen LogP contribution in [-0.4, -0.2) is 42.8 Å². The van der Waals surface area contributed by atoms with Gasteiger partial charge >= 0.3 is 12.1 Å². The molecule has 0 amide bonds. The molecule has 0 fully saturated rings. The number of fused-ring (bicyclic) bond motifs is 3. The van der Waals surface area contributed by atoms with Gasteiger partial charge in [-0.2, -0.15) is 13.2 Å². The number of benzene rings is 2. The second-order valence-electron chi connectivity index (χ2n) is 6.93. The van der Waals surface area contributed by atoms with Crippen molar-refractivity contribution in [3.05, 3.63) is 59.0 Å². The fourth-order valence-corrected chi connectivity index (χ4v) is 5.04. The van der Waals surface area contributed by atoms with E-state index in [1.807, 2.05) is 6.92 Å². The number of carboxylic acid groups (broad SMARTS) is 1. The number of carbonyl (C=O) groups is 1. The maximum Gasteiger partial charge on any atom is 0.490 e. The maximum absolute atomic E-state index is 13.5. The first-order valence-electron chi connectivity index (χ1n) is 9.35. The van der Waals surface area contributed by atoms with Gasteiger partial charge in [-0.1, -0.05) is 17.7 Å². The fourth-order valence-electron chi connectivity index (χ4n) is 3.29. The van der Waals surface area contributed by atoms with E-state index >= 15 is 0 Å². The number of aromatic nitrogens is 1. The first-order valence-corrected chi connectivity index (χ1v) is 11.2. The normalized spacial score (nSPS) is 16.2. The van der Waals surface area contributed by atoms with Gasteiger partial charge in [-0.3, -0.25) is 0 Å². The zero-order valence-corrected chi connectivity index (χ0v) is 18.4. The first-order chi connectivity index (χ1) is 15.3. The summed E-state index contributed by atoms with van der Waals surface area (Å²) in [7, 11) is -3.99. The molecule has 1 aliphatic heterocycles. The van der Waals surface area contributed by atoms with E-state index in [1.165, 1.54) is 24.4 Å². The summed E-state index contributed by atoms with van der Waals surface area (Å²) in [5.41, 5.74) is 1.25. The van der Waals surface area contributed by atoms with Gasteiger partial charge in [-0.05, 0) is 37.3 Å². The van der Waals surface area contributed by atoms with Gasteiger partial charge in [0.2, 0.25) is 0 Å². The van der Waals surface area contributed by atoms with Crippen LogP contribution in [-0.2, 0) is 14.8 Å². The second-order valence-corrected chi connectivity index (χ2v) is 9.16. The third-order valence-corrected chi connectivity index (χ3v) is 6.69. The molecule has 2 heterocycles. The minimum absolute atomic E-state index is 0.0542. The van der Waals surface area contributed by atoms with Crippen LogP contribution in [0.1, 0.15) is 18.5 Å². The van der Waals surface area contributed by atoms with Crippen molar-refractivity contribution in [2.24, 2.45) is 0 Å². The number of nitrogens with zero attached hydrogens (tertiary/aromatic N) is 1. The van der Waals surface area contributed by atoms with E-state index in [-0.39, 0.29) is 10.9 Å². The Labute approximate surface area is 190 Å². The van der Waals surface area contributed by atoms with Crippen molar-refractivity contribution in [3.8, 4) is 5.75 Å². The van der Waals surface area contributed by atoms with Crippen molar-refractivity contribution in [2.45, 2.75) is 24.0 Å². The lowest BCUT2D eigenvalue weighted by Crippen LogP contribution is -2.21. The van der Waals surface area contributed by atoms with Crippen molar-refractivity contribution in [3.63, 3.8) is 0 Å². The third-order valence-electron chi connectivity index (χ3n) is 4.73. The molecule has 1 aromatic heterocycles. The number of carboxylic acids is 1. The quantitative estimate of drug-likeness (QED) is 0.500. The highest BCUT2D eigenvalue weighted by molar-refractivity contribution is 7.90. The van der Waals surface area contributed by atoms with Crippen LogP contribution < -0.4 is 10.1 Å².